The Labute approximate surface area is 179 Å². The largest absolute Gasteiger partial charge is 0.497 e. The fourth-order valence-electron chi connectivity index (χ4n) is 3.11. The number of methoxy groups -OCH3 is 1. The first-order valence-electron chi connectivity index (χ1n) is 9.60. The molecule has 160 valence electrons. The molecule has 1 aliphatic heterocycles. The lowest BCUT2D eigenvalue weighted by atomic mass is 10.1. The van der Waals surface area contributed by atoms with Crippen molar-refractivity contribution in [1.82, 2.24) is 5.32 Å². The van der Waals surface area contributed by atoms with Gasteiger partial charge in [-0.1, -0.05) is 6.08 Å². The van der Waals surface area contributed by atoms with Crippen molar-refractivity contribution in [3.63, 3.8) is 0 Å². The van der Waals surface area contributed by atoms with Gasteiger partial charge in [0.15, 0.2) is 12.4 Å². The maximum absolute atomic E-state index is 12.5. The lowest BCUT2D eigenvalue weighted by Crippen LogP contribution is -2.38. The van der Waals surface area contributed by atoms with Crippen LogP contribution >= 0.6 is 0 Å². The average molecular weight is 422 g/mol. The highest BCUT2D eigenvalue weighted by Gasteiger charge is 2.39. The lowest BCUT2D eigenvalue weighted by molar-refractivity contribution is -0.121. The summed E-state index contributed by atoms with van der Waals surface area (Å²) in [6.45, 7) is 3.58. The Morgan fingerprint density at radius 1 is 1.10 bits per heavy atom. The topological polar surface area (TPSA) is 102 Å². The summed E-state index contributed by atoms with van der Waals surface area (Å²) >= 11 is 0. The van der Waals surface area contributed by atoms with Crippen molar-refractivity contribution in [3.8, 4) is 5.75 Å². The maximum atomic E-state index is 12.5. The molecule has 0 aromatic heterocycles. The number of benzene rings is 2. The van der Waals surface area contributed by atoms with Crippen molar-refractivity contribution in [2.24, 2.45) is 0 Å². The highest BCUT2D eigenvalue weighted by molar-refractivity contribution is 6.22. The summed E-state index contributed by atoms with van der Waals surface area (Å²) in [5.41, 5.74) is 0.963. The molecule has 0 saturated carbocycles. The molecule has 1 atom stereocenters. The van der Waals surface area contributed by atoms with Crippen LogP contribution in [-0.2, 0) is 14.3 Å². The molecule has 3 rings (SSSR count). The molecule has 1 saturated heterocycles. The Morgan fingerprint density at radius 2 is 1.74 bits per heavy atom. The average Bonchev–Trinajstić information content (AvgIpc) is 3.08. The molecule has 2 amide bonds. The van der Waals surface area contributed by atoms with Crippen molar-refractivity contribution < 1.29 is 28.7 Å². The molecule has 1 aliphatic rings. The van der Waals surface area contributed by atoms with Crippen LogP contribution in [-0.4, -0.2) is 49.9 Å². The van der Waals surface area contributed by atoms with Gasteiger partial charge in [0.25, 0.3) is 5.91 Å². The van der Waals surface area contributed by atoms with Crippen molar-refractivity contribution in [1.29, 1.82) is 0 Å². The number of hydrogen-bond donors (Lipinski definition) is 1. The number of carbonyl (C=O) groups is 4. The van der Waals surface area contributed by atoms with Gasteiger partial charge in [-0.25, -0.2) is 9.69 Å². The second-order valence-electron chi connectivity index (χ2n) is 6.80. The summed E-state index contributed by atoms with van der Waals surface area (Å²) in [6, 6.07) is 11.7. The Morgan fingerprint density at radius 3 is 2.35 bits per heavy atom. The fraction of sp³-hybridized carbons (Fsp3) is 0.217. The molecule has 8 heteroatoms. The number of nitrogens with one attached hydrogen (secondary N) is 1. The van der Waals surface area contributed by atoms with Crippen molar-refractivity contribution in [2.75, 3.05) is 25.2 Å². The highest BCUT2D eigenvalue weighted by Crippen LogP contribution is 2.23. The third-order valence-electron chi connectivity index (χ3n) is 4.76. The Hall–Kier alpha value is -3.78. The van der Waals surface area contributed by atoms with E-state index in [0.717, 1.165) is 4.90 Å². The molecule has 0 spiro atoms. The van der Waals surface area contributed by atoms with E-state index in [1.165, 1.54) is 31.4 Å². The van der Waals surface area contributed by atoms with Crippen molar-refractivity contribution in [2.45, 2.75) is 12.5 Å². The smallest absolute Gasteiger partial charge is 0.338 e. The van der Waals surface area contributed by atoms with Crippen LogP contribution in [0.3, 0.4) is 0 Å². The van der Waals surface area contributed by atoms with Crippen LogP contribution in [0.1, 0.15) is 27.1 Å². The Bertz CT molecular complexity index is 998. The summed E-state index contributed by atoms with van der Waals surface area (Å²) in [4.78, 5) is 50.2. The van der Waals surface area contributed by atoms with Crippen LogP contribution in [0.4, 0.5) is 5.69 Å². The second-order valence-corrected chi connectivity index (χ2v) is 6.80. The predicted molar refractivity (Wildman–Crippen MR) is 113 cm³/mol. The maximum Gasteiger partial charge on any atom is 0.338 e. The third kappa shape index (κ3) is 5.04. The van der Waals surface area contributed by atoms with Gasteiger partial charge in [0.1, 0.15) is 5.75 Å². The third-order valence-corrected chi connectivity index (χ3v) is 4.76. The van der Waals surface area contributed by atoms with Crippen LogP contribution in [0.15, 0.2) is 61.2 Å². The van der Waals surface area contributed by atoms with E-state index in [4.69, 9.17) is 9.47 Å². The van der Waals surface area contributed by atoms with Gasteiger partial charge in [-0.2, -0.15) is 0 Å². The number of ketones is 1. The van der Waals surface area contributed by atoms with Crippen LogP contribution < -0.4 is 15.0 Å². The number of ether oxygens (including phenoxy) is 2. The van der Waals surface area contributed by atoms with Gasteiger partial charge in [-0.05, 0) is 48.5 Å². The lowest BCUT2D eigenvalue weighted by Gasteiger charge is -2.15. The van der Waals surface area contributed by atoms with E-state index >= 15 is 0 Å². The minimum Gasteiger partial charge on any atom is -0.497 e. The van der Waals surface area contributed by atoms with Gasteiger partial charge in [-0.15, -0.1) is 6.58 Å². The van der Waals surface area contributed by atoms with E-state index in [2.05, 4.69) is 11.9 Å². The predicted octanol–water partition coefficient (Wildman–Crippen LogP) is 2.14. The molecule has 2 aromatic rings. The van der Waals surface area contributed by atoms with Gasteiger partial charge >= 0.3 is 5.97 Å². The van der Waals surface area contributed by atoms with E-state index in [0.29, 0.717) is 23.5 Å². The molecule has 1 unspecified atom stereocenters. The summed E-state index contributed by atoms with van der Waals surface area (Å²) < 4.78 is 10.1. The number of imide groups is 1. The van der Waals surface area contributed by atoms with Gasteiger partial charge < -0.3 is 14.8 Å². The zero-order valence-corrected chi connectivity index (χ0v) is 17.0. The molecule has 0 aliphatic carbocycles. The molecule has 8 nitrogen and oxygen atoms in total. The molecule has 1 fully saturated rings. The van der Waals surface area contributed by atoms with Gasteiger partial charge in [0.2, 0.25) is 5.91 Å². The minimum absolute atomic E-state index is 0.0595. The summed E-state index contributed by atoms with van der Waals surface area (Å²) in [6.07, 6.45) is 1.67. The van der Waals surface area contributed by atoms with Crippen LogP contribution in [0.25, 0.3) is 0 Å². The molecule has 0 radical (unpaired) electrons. The van der Waals surface area contributed by atoms with E-state index < -0.39 is 18.6 Å². The van der Waals surface area contributed by atoms with Gasteiger partial charge in [0, 0.05) is 12.1 Å². The second kappa shape index (κ2) is 9.82. The van der Waals surface area contributed by atoms with Crippen LogP contribution in [0.2, 0.25) is 0 Å². The quantitative estimate of drug-likeness (QED) is 0.286. The highest BCUT2D eigenvalue weighted by atomic mass is 16.5. The zero-order valence-electron chi connectivity index (χ0n) is 17.0. The number of esters is 1. The number of nitrogens with zero attached hydrogens (tertiary/aromatic N) is 1. The molecule has 1 N–H and O–H groups in total. The number of amides is 2. The number of anilines is 1. The first kappa shape index (κ1) is 21.9. The molecule has 2 aromatic carbocycles. The molecule has 1 heterocycles. The number of carbonyl (C=O) groups excluding carboxylic acids is 4. The normalized spacial score (nSPS) is 15.6. The number of Topliss-reactive ketones (excluding diaryl/α,β-unsaturated/α-hetero) is 1. The summed E-state index contributed by atoms with van der Waals surface area (Å²) in [5, 5.41) is 2.94. The van der Waals surface area contributed by atoms with E-state index in [1.54, 1.807) is 30.3 Å². The van der Waals surface area contributed by atoms with Crippen LogP contribution in [0.5, 0.6) is 5.75 Å². The monoisotopic (exact) mass is 422 g/mol. The fourth-order valence-corrected chi connectivity index (χ4v) is 3.11. The van der Waals surface area contributed by atoms with Crippen molar-refractivity contribution >= 4 is 29.3 Å². The Kier molecular flexibility index (Phi) is 6.94. The van der Waals surface area contributed by atoms with Gasteiger partial charge in [-0.3, -0.25) is 14.4 Å². The van der Waals surface area contributed by atoms with E-state index in [1.807, 2.05) is 0 Å². The first-order valence-corrected chi connectivity index (χ1v) is 9.60. The SMILES string of the molecule is C=CCNC1CC(=O)N(c2ccc(C(=O)OCC(=O)c3ccc(OC)cc3)cc2)C1=O. The molecule has 31 heavy (non-hydrogen) atoms. The summed E-state index contributed by atoms with van der Waals surface area (Å²) in [7, 11) is 1.53. The number of hydrogen-bond acceptors (Lipinski definition) is 7. The summed E-state index contributed by atoms with van der Waals surface area (Å²) in [5.74, 6) is -1.09. The van der Waals surface area contributed by atoms with Crippen molar-refractivity contribution in [3.05, 3.63) is 72.3 Å². The minimum atomic E-state index is -0.682. The Balaban J connectivity index is 1.59. The number of rotatable bonds is 9. The molecular formula is C23H22N2O6. The molecular weight excluding hydrogens is 400 g/mol. The standard InChI is InChI=1S/C23H22N2O6/c1-3-12-24-19-13-21(27)25(22(19)28)17-8-4-16(5-9-17)23(29)31-14-20(26)15-6-10-18(30-2)11-7-15/h3-11,19,24H,1,12-14H2,2H3. The van der Waals surface area contributed by atoms with E-state index in [9.17, 15) is 19.2 Å². The van der Waals surface area contributed by atoms with Crippen LogP contribution in [0, 0.1) is 0 Å². The van der Waals surface area contributed by atoms with Gasteiger partial charge in [0.05, 0.1) is 30.8 Å². The molecule has 0 bridgehead atoms. The zero-order chi connectivity index (χ0) is 22.4. The first-order chi connectivity index (χ1) is 14.9. The van der Waals surface area contributed by atoms with E-state index in [-0.39, 0.29) is 29.6 Å².